The minimum Gasteiger partial charge on any atom is -0.386 e. The van der Waals surface area contributed by atoms with E-state index in [-0.39, 0.29) is 18.0 Å². The Labute approximate surface area is 211 Å². The summed E-state index contributed by atoms with van der Waals surface area (Å²) in [5.41, 5.74) is 5.80. The average molecular weight is 479 g/mol. The standard InChI is InChI=1S/C30H30N4O2/c35-29(22-11-5-2-6-12-22)26-19-31-15-16-33(26)30(36)27-28(21-9-3-1-4-10-21)34(20-32-27)25-17-23-13-7-8-14-24(23)18-25/h1-14,20,25-26,29,31,35H,15-19H2/t26-,29?/m0/s1. The highest BCUT2D eigenvalue weighted by Gasteiger charge is 2.36. The first-order valence-electron chi connectivity index (χ1n) is 12.6. The van der Waals surface area contributed by atoms with Crippen molar-refractivity contribution in [2.24, 2.45) is 0 Å². The highest BCUT2D eigenvalue weighted by Crippen LogP contribution is 2.36. The smallest absolute Gasteiger partial charge is 0.275 e. The lowest BCUT2D eigenvalue weighted by atomic mass is 9.98. The number of hydrogen-bond donors (Lipinski definition) is 2. The average Bonchev–Trinajstić information content (AvgIpc) is 3.58. The van der Waals surface area contributed by atoms with Gasteiger partial charge < -0.3 is 19.9 Å². The molecule has 1 amide bonds. The molecule has 3 aromatic carbocycles. The number of imidazole rings is 1. The van der Waals surface area contributed by atoms with E-state index in [9.17, 15) is 9.90 Å². The maximum absolute atomic E-state index is 14.1. The molecule has 2 heterocycles. The molecule has 1 aromatic heterocycles. The van der Waals surface area contributed by atoms with Gasteiger partial charge >= 0.3 is 0 Å². The van der Waals surface area contributed by atoms with Gasteiger partial charge in [0.2, 0.25) is 0 Å². The third-order valence-corrected chi connectivity index (χ3v) is 7.52. The van der Waals surface area contributed by atoms with Gasteiger partial charge in [-0.3, -0.25) is 4.79 Å². The van der Waals surface area contributed by atoms with Crippen LogP contribution in [0.15, 0.2) is 91.3 Å². The van der Waals surface area contributed by atoms with E-state index in [2.05, 4.69) is 34.1 Å². The first-order valence-corrected chi connectivity index (χ1v) is 12.6. The summed E-state index contributed by atoms with van der Waals surface area (Å²) in [4.78, 5) is 20.6. The number of aromatic nitrogens is 2. The Balaban J connectivity index is 1.37. The van der Waals surface area contributed by atoms with Gasteiger partial charge in [-0.25, -0.2) is 4.98 Å². The number of nitrogens with one attached hydrogen (secondary N) is 1. The molecule has 1 fully saturated rings. The fourth-order valence-corrected chi connectivity index (χ4v) is 5.68. The van der Waals surface area contributed by atoms with Crippen molar-refractivity contribution >= 4 is 5.91 Å². The molecule has 6 nitrogen and oxygen atoms in total. The van der Waals surface area contributed by atoms with Crippen molar-refractivity contribution in [1.82, 2.24) is 19.8 Å². The predicted octanol–water partition coefficient (Wildman–Crippen LogP) is 4.04. The van der Waals surface area contributed by atoms with Gasteiger partial charge in [-0.15, -0.1) is 0 Å². The molecule has 2 atom stereocenters. The number of aliphatic hydroxyl groups excluding tert-OH is 1. The molecule has 0 radical (unpaired) electrons. The minimum absolute atomic E-state index is 0.135. The van der Waals surface area contributed by atoms with E-state index < -0.39 is 6.10 Å². The normalized spacial score (nSPS) is 18.7. The van der Waals surface area contributed by atoms with Gasteiger partial charge in [-0.1, -0.05) is 84.9 Å². The number of benzene rings is 3. The van der Waals surface area contributed by atoms with Crippen molar-refractivity contribution in [3.05, 3.63) is 114 Å². The van der Waals surface area contributed by atoms with Crippen LogP contribution in [0.5, 0.6) is 0 Å². The van der Waals surface area contributed by atoms with Gasteiger partial charge in [0.25, 0.3) is 5.91 Å². The number of fused-ring (bicyclic) bond motifs is 1. The predicted molar refractivity (Wildman–Crippen MR) is 140 cm³/mol. The van der Waals surface area contributed by atoms with Crippen LogP contribution >= 0.6 is 0 Å². The van der Waals surface area contributed by atoms with Gasteiger partial charge in [0.05, 0.1) is 18.1 Å². The molecule has 0 spiro atoms. The molecule has 2 aliphatic rings. The second-order valence-electron chi connectivity index (χ2n) is 9.67. The van der Waals surface area contributed by atoms with Crippen LogP contribution in [0.25, 0.3) is 11.3 Å². The molecule has 6 rings (SSSR count). The van der Waals surface area contributed by atoms with Crippen LogP contribution in [-0.4, -0.2) is 51.1 Å². The van der Waals surface area contributed by atoms with Crippen LogP contribution in [0.2, 0.25) is 0 Å². The van der Waals surface area contributed by atoms with Crippen molar-refractivity contribution in [3.63, 3.8) is 0 Å². The number of nitrogens with zero attached hydrogens (tertiary/aromatic N) is 3. The summed E-state index contributed by atoms with van der Waals surface area (Å²) in [6.45, 7) is 1.73. The van der Waals surface area contributed by atoms with E-state index >= 15 is 0 Å². The second-order valence-corrected chi connectivity index (χ2v) is 9.67. The summed E-state index contributed by atoms with van der Waals surface area (Å²) < 4.78 is 2.19. The lowest BCUT2D eigenvalue weighted by Crippen LogP contribution is -2.56. The molecule has 6 heteroatoms. The van der Waals surface area contributed by atoms with Crippen molar-refractivity contribution in [1.29, 1.82) is 0 Å². The van der Waals surface area contributed by atoms with Crippen LogP contribution in [-0.2, 0) is 12.8 Å². The molecule has 36 heavy (non-hydrogen) atoms. The van der Waals surface area contributed by atoms with Crippen LogP contribution in [0.4, 0.5) is 0 Å². The zero-order chi connectivity index (χ0) is 24.5. The molecular weight excluding hydrogens is 448 g/mol. The SMILES string of the molecule is O=C(c1ncn(C2Cc3ccccc3C2)c1-c1ccccc1)N1CCNC[C@H]1C(O)c1ccccc1. The first-order chi connectivity index (χ1) is 17.7. The van der Waals surface area contributed by atoms with E-state index in [1.807, 2.05) is 67.0 Å². The maximum atomic E-state index is 14.1. The Hall–Kier alpha value is -3.74. The number of carbonyl (C=O) groups is 1. The molecule has 2 N–H and O–H groups in total. The third kappa shape index (κ3) is 4.12. The zero-order valence-electron chi connectivity index (χ0n) is 20.1. The molecule has 0 bridgehead atoms. The van der Waals surface area contributed by atoms with Crippen LogP contribution in [0, 0.1) is 0 Å². The summed E-state index contributed by atoms with van der Waals surface area (Å²) >= 11 is 0. The van der Waals surface area contributed by atoms with Crippen molar-refractivity contribution in [3.8, 4) is 11.3 Å². The summed E-state index contributed by atoms with van der Waals surface area (Å²) in [6.07, 6.45) is 2.89. The topological polar surface area (TPSA) is 70.4 Å². The number of piperazine rings is 1. The highest BCUT2D eigenvalue weighted by molar-refractivity contribution is 5.98. The molecule has 1 unspecified atom stereocenters. The van der Waals surface area contributed by atoms with Gasteiger partial charge in [0.15, 0.2) is 5.69 Å². The van der Waals surface area contributed by atoms with Crippen LogP contribution < -0.4 is 5.32 Å². The number of aliphatic hydroxyl groups is 1. The summed E-state index contributed by atoms with van der Waals surface area (Å²) in [5, 5.41) is 14.6. The van der Waals surface area contributed by atoms with E-state index in [0.29, 0.717) is 25.3 Å². The molecule has 1 aliphatic heterocycles. The first kappa shape index (κ1) is 22.7. The van der Waals surface area contributed by atoms with Gasteiger partial charge in [0, 0.05) is 31.2 Å². The lowest BCUT2D eigenvalue weighted by molar-refractivity contribution is 0.0262. The molecular formula is C30H30N4O2. The Morgan fingerprint density at radius 2 is 1.56 bits per heavy atom. The van der Waals surface area contributed by atoms with Crippen molar-refractivity contribution in [2.45, 2.75) is 31.0 Å². The largest absolute Gasteiger partial charge is 0.386 e. The summed E-state index contributed by atoms with van der Waals surface area (Å²) in [5.74, 6) is -0.135. The van der Waals surface area contributed by atoms with Gasteiger partial charge in [-0.05, 0) is 29.5 Å². The zero-order valence-corrected chi connectivity index (χ0v) is 20.1. The van der Waals surface area contributed by atoms with Crippen molar-refractivity contribution in [2.75, 3.05) is 19.6 Å². The Morgan fingerprint density at radius 1 is 0.917 bits per heavy atom. The Morgan fingerprint density at radius 3 is 2.25 bits per heavy atom. The third-order valence-electron chi connectivity index (χ3n) is 7.52. The van der Waals surface area contributed by atoms with E-state index in [0.717, 1.165) is 29.7 Å². The van der Waals surface area contributed by atoms with Crippen LogP contribution in [0.1, 0.15) is 39.3 Å². The minimum atomic E-state index is -0.783. The quantitative estimate of drug-likeness (QED) is 0.454. The molecule has 0 saturated carbocycles. The lowest BCUT2D eigenvalue weighted by Gasteiger charge is -2.38. The Bertz CT molecular complexity index is 1330. The molecule has 4 aromatic rings. The van der Waals surface area contributed by atoms with E-state index in [1.54, 1.807) is 4.90 Å². The number of amides is 1. The fourth-order valence-electron chi connectivity index (χ4n) is 5.68. The number of rotatable bonds is 5. The van der Waals surface area contributed by atoms with E-state index in [4.69, 9.17) is 4.98 Å². The van der Waals surface area contributed by atoms with Gasteiger partial charge in [0.1, 0.15) is 6.10 Å². The van der Waals surface area contributed by atoms with Crippen molar-refractivity contribution < 1.29 is 9.90 Å². The second kappa shape index (κ2) is 9.72. The van der Waals surface area contributed by atoms with E-state index in [1.165, 1.54) is 11.1 Å². The number of hydrogen-bond acceptors (Lipinski definition) is 4. The van der Waals surface area contributed by atoms with Crippen LogP contribution in [0.3, 0.4) is 0 Å². The van der Waals surface area contributed by atoms with Gasteiger partial charge in [-0.2, -0.15) is 0 Å². The monoisotopic (exact) mass is 478 g/mol. The summed E-state index contributed by atoms with van der Waals surface area (Å²) in [7, 11) is 0. The highest BCUT2D eigenvalue weighted by atomic mass is 16.3. The summed E-state index contributed by atoms with van der Waals surface area (Å²) in [6, 6.07) is 28.0. The fraction of sp³-hybridized carbons (Fsp3) is 0.267. The molecule has 1 saturated heterocycles. The molecule has 1 aliphatic carbocycles. The Kier molecular flexibility index (Phi) is 6.13. The maximum Gasteiger partial charge on any atom is 0.275 e. The molecule has 182 valence electrons. The number of carbonyl (C=O) groups excluding carboxylic acids is 1.